The standard InChI is InChI=1S/C14H15F3N4/c15-14(16,17)12-4-1-9(7-18)13(20-12)19-10-5-6-21(8-10)11-2-3-11/h1,4,10-11H,2-3,5-6,8H2,(H,19,20). The Bertz CT molecular complexity index is 575. The number of hydrogen-bond acceptors (Lipinski definition) is 4. The molecule has 3 rings (SSSR count). The molecule has 1 aliphatic heterocycles. The maximum absolute atomic E-state index is 12.7. The summed E-state index contributed by atoms with van der Waals surface area (Å²) in [5.74, 6) is 0.0370. The molecule has 2 heterocycles. The molecule has 0 aromatic carbocycles. The van der Waals surface area contributed by atoms with Crippen molar-refractivity contribution in [2.45, 2.75) is 37.5 Å². The minimum atomic E-state index is -4.50. The second-order valence-corrected chi connectivity index (χ2v) is 5.56. The van der Waals surface area contributed by atoms with Crippen molar-refractivity contribution < 1.29 is 13.2 Å². The van der Waals surface area contributed by atoms with Crippen molar-refractivity contribution in [2.24, 2.45) is 0 Å². The number of nitrogens with one attached hydrogen (secondary N) is 1. The lowest BCUT2D eigenvalue weighted by atomic mass is 10.2. The first-order valence-electron chi connectivity index (χ1n) is 6.96. The van der Waals surface area contributed by atoms with E-state index in [-0.39, 0.29) is 17.4 Å². The van der Waals surface area contributed by atoms with E-state index in [0.29, 0.717) is 6.04 Å². The Morgan fingerprint density at radius 1 is 1.29 bits per heavy atom. The van der Waals surface area contributed by atoms with Crippen LogP contribution < -0.4 is 5.32 Å². The Morgan fingerprint density at radius 3 is 2.67 bits per heavy atom. The van der Waals surface area contributed by atoms with Gasteiger partial charge in [0.05, 0.1) is 5.56 Å². The van der Waals surface area contributed by atoms with Crippen LogP contribution in [0.25, 0.3) is 0 Å². The molecule has 112 valence electrons. The number of nitrogens with zero attached hydrogens (tertiary/aromatic N) is 3. The molecule has 1 N–H and O–H groups in total. The molecule has 0 bridgehead atoms. The van der Waals surface area contributed by atoms with Gasteiger partial charge in [0.2, 0.25) is 0 Å². The average molecular weight is 296 g/mol. The van der Waals surface area contributed by atoms with Gasteiger partial charge in [-0.2, -0.15) is 18.4 Å². The number of pyridine rings is 1. The van der Waals surface area contributed by atoms with Crippen molar-refractivity contribution in [3.05, 3.63) is 23.4 Å². The highest BCUT2D eigenvalue weighted by Crippen LogP contribution is 2.32. The molecule has 1 aromatic rings. The van der Waals surface area contributed by atoms with E-state index >= 15 is 0 Å². The summed E-state index contributed by atoms with van der Waals surface area (Å²) in [6.07, 6.45) is -1.23. The van der Waals surface area contributed by atoms with Crippen LogP contribution in [0, 0.1) is 11.3 Å². The van der Waals surface area contributed by atoms with E-state index in [2.05, 4.69) is 15.2 Å². The third kappa shape index (κ3) is 3.10. The molecule has 2 fully saturated rings. The van der Waals surface area contributed by atoms with Crippen LogP contribution in [0.15, 0.2) is 12.1 Å². The number of likely N-dealkylation sites (tertiary alicyclic amines) is 1. The lowest BCUT2D eigenvalue weighted by Crippen LogP contribution is -2.28. The van der Waals surface area contributed by atoms with Gasteiger partial charge in [-0.1, -0.05) is 0 Å². The molecule has 7 heteroatoms. The van der Waals surface area contributed by atoms with Crippen LogP contribution in [-0.2, 0) is 6.18 Å². The first-order valence-corrected chi connectivity index (χ1v) is 6.96. The van der Waals surface area contributed by atoms with E-state index in [1.54, 1.807) is 0 Å². The Morgan fingerprint density at radius 2 is 2.05 bits per heavy atom. The van der Waals surface area contributed by atoms with Crippen LogP contribution in [0.1, 0.15) is 30.5 Å². The lowest BCUT2D eigenvalue weighted by molar-refractivity contribution is -0.141. The number of nitriles is 1. The predicted octanol–water partition coefficient (Wildman–Crippen LogP) is 2.62. The van der Waals surface area contributed by atoms with Gasteiger partial charge >= 0.3 is 6.18 Å². The molecule has 0 spiro atoms. The highest BCUT2D eigenvalue weighted by atomic mass is 19.4. The molecule has 1 aromatic heterocycles. The average Bonchev–Trinajstić information content (AvgIpc) is 3.18. The smallest absolute Gasteiger partial charge is 0.365 e. The van der Waals surface area contributed by atoms with Crippen molar-refractivity contribution in [3.8, 4) is 6.07 Å². The fourth-order valence-electron chi connectivity index (χ4n) is 2.69. The Balaban J connectivity index is 1.76. The summed E-state index contributed by atoms with van der Waals surface area (Å²) in [7, 11) is 0. The van der Waals surface area contributed by atoms with Gasteiger partial charge in [-0.15, -0.1) is 0 Å². The maximum atomic E-state index is 12.7. The summed E-state index contributed by atoms with van der Waals surface area (Å²) in [4.78, 5) is 5.93. The SMILES string of the molecule is N#Cc1ccc(C(F)(F)F)nc1NC1CCN(C2CC2)C1. The number of halogens is 3. The van der Waals surface area contributed by atoms with Gasteiger partial charge in [-0.05, 0) is 31.4 Å². The molecule has 4 nitrogen and oxygen atoms in total. The zero-order valence-electron chi connectivity index (χ0n) is 11.3. The van der Waals surface area contributed by atoms with Gasteiger partial charge in [0.25, 0.3) is 0 Å². The fraction of sp³-hybridized carbons (Fsp3) is 0.571. The van der Waals surface area contributed by atoms with Crippen LogP contribution in [0.2, 0.25) is 0 Å². The summed E-state index contributed by atoms with van der Waals surface area (Å²) in [6, 6.07) is 4.59. The topological polar surface area (TPSA) is 52.0 Å². The van der Waals surface area contributed by atoms with Crippen LogP contribution in [0.5, 0.6) is 0 Å². The minimum absolute atomic E-state index is 0.0370. The number of hydrogen-bond donors (Lipinski definition) is 1. The third-order valence-corrected chi connectivity index (χ3v) is 3.93. The Kier molecular flexibility index (Phi) is 3.49. The minimum Gasteiger partial charge on any atom is -0.365 e. The number of anilines is 1. The summed E-state index contributed by atoms with van der Waals surface area (Å²) in [5.41, 5.74) is -0.825. The summed E-state index contributed by atoms with van der Waals surface area (Å²) in [6.45, 7) is 1.75. The summed E-state index contributed by atoms with van der Waals surface area (Å²) >= 11 is 0. The fourth-order valence-corrected chi connectivity index (χ4v) is 2.69. The predicted molar refractivity (Wildman–Crippen MR) is 70.6 cm³/mol. The van der Waals surface area contributed by atoms with Gasteiger partial charge in [0, 0.05) is 25.2 Å². The molecular formula is C14H15F3N4. The molecule has 1 aliphatic carbocycles. The van der Waals surface area contributed by atoms with E-state index in [9.17, 15) is 13.2 Å². The number of aromatic nitrogens is 1. The molecule has 21 heavy (non-hydrogen) atoms. The van der Waals surface area contributed by atoms with Gasteiger partial charge in [0.15, 0.2) is 0 Å². The highest BCUT2D eigenvalue weighted by molar-refractivity contribution is 5.53. The molecular weight excluding hydrogens is 281 g/mol. The highest BCUT2D eigenvalue weighted by Gasteiger charge is 2.36. The van der Waals surface area contributed by atoms with E-state index < -0.39 is 11.9 Å². The number of alkyl halides is 3. The van der Waals surface area contributed by atoms with Gasteiger partial charge in [-0.25, -0.2) is 4.98 Å². The van der Waals surface area contributed by atoms with Crippen LogP contribution in [-0.4, -0.2) is 35.1 Å². The van der Waals surface area contributed by atoms with Crippen LogP contribution in [0.4, 0.5) is 19.0 Å². The van der Waals surface area contributed by atoms with Crippen molar-refractivity contribution >= 4 is 5.82 Å². The van der Waals surface area contributed by atoms with Crippen molar-refractivity contribution in [1.29, 1.82) is 5.26 Å². The second-order valence-electron chi connectivity index (χ2n) is 5.56. The first-order chi connectivity index (χ1) is 9.97. The Hall–Kier alpha value is -1.81. The Labute approximate surface area is 120 Å². The molecule has 0 radical (unpaired) electrons. The van der Waals surface area contributed by atoms with E-state index in [0.717, 1.165) is 25.6 Å². The molecule has 2 aliphatic rings. The van der Waals surface area contributed by atoms with Gasteiger partial charge < -0.3 is 5.32 Å². The number of rotatable bonds is 3. The third-order valence-electron chi connectivity index (χ3n) is 3.93. The van der Waals surface area contributed by atoms with E-state index in [1.165, 1.54) is 18.9 Å². The molecule has 1 unspecified atom stereocenters. The molecule has 1 atom stereocenters. The first kappa shape index (κ1) is 14.1. The quantitative estimate of drug-likeness (QED) is 0.931. The van der Waals surface area contributed by atoms with Crippen molar-refractivity contribution in [1.82, 2.24) is 9.88 Å². The van der Waals surface area contributed by atoms with E-state index in [4.69, 9.17) is 5.26 Å². The van der Waals surface area contributed by atoms with Crippen LogP contribution in [0.3, 0.4) is 0 Å². The van der Waals surface area contributed by atoms with Crippen LogP contribution >= 0.6 is 0 Å². The largest absolute Gasteiger partial charge is 0.433 e. The lowest BCUT2D eigenvalue weighted by Gasteiger charge is -2.17. The van der Waals surface area contributed by atoms with Gasteiger partial charge in [-0.3, -0.25) is 4.90 Å². The van der Waals surface area contributed by atoms with E-state index in [1.807, 2.05) is 6.07 Å². The van der Waals surface area contributed by atoms with Crippen molar-refractivity contribution in [2.75, 3.05) is 18.4 Å². The normalized spacial score (nSPS) is 23.0. The molecule has 0 amide bonds. The monoisotopic (exact) mass is 296 g/mol. The molecule has 1 saturated heterocycles. The zero-order chi connectivity index (χ0) is 15.0. The van der Waals surface area contributed by atoms with Crippen molar-refractivity contribution in [3.63, 3.8) is 0 Å². The zero-order valence-corrected chi connectivity index (χ0v) is 11.3. The maximum Gasteiger partial charge on any atom is 0.433 e. The summed E-state index contributed by atoms with van der Waals surface area (Å²) in [5, 5.41) is 12.0. The summed E-state index contributed by atoms with van der Waals surface area (Å²) < 4.78 is 38.1. The van der Waals surface area contributed by atoms with Gasteiger partial charge in [0.1, 0.15) is 17.6 Å². The molecule has 1 saturated carbocycles. The second kappa shape index (κ2) is 5.19.